The summed E-state index contributed by atoms with van der Waals surface area (Å²) in [7, 11) is 0. The number of aliphatic hydroxyl groups is 1. The minimum absolute atomic E-state index is 0.0196. The second-order valence-corrected chi connectivity index (χ2v) is 13.2. The number of amides is 1. The van der Waals surface area contributed by atoms with Gasteiger partial charge in [-0.1, -0.05) is 98.5 Å². The van der Waals surface area contributed by atoms with Crippen LogP contribution in [0.4, 0.5) is 5.13 Å². The first-order chi connectivity index (χ1) is 20.2. The molecule has 1 aromatic heterocycles. The maximum atomic E-state index is 13.6. The molecule has 1 atom stereocenters. The van der Waals surface area contributed by atoms with Crippen molar-refractivity contribution in [3.8, 4) is 11.5 Å². The molecule has 214 valence electrons. The zero-order valence-corrected chi connectivity index (χ0v) is 25.0. The summed E-state index contributed by atoms with van der Waals surface area (Å²) < 4.78 is 12.0. The standard InChI is InChI=1S/C32H29N3O5S2/c1-32(2,3)22-12-9-20(10-13-22)26-25(27(36)21-11-14-23-24(17-21)40-16-15-39-23)28(37)29(38)35(26)30-33-34-31(42-30)41-18-19-7-5-4-6-8-19/h4-14,17,26,36H,15-16,18H2,1-3H3/b27-25+. The SMILES string of the molecule is CC(C)(C)c1ccc(C2/C(=C(\O)c3ccc4c(c3)OCCO4)C(=O)C(=O)N2c2nnc(SCc3ccccc3)s2)cc1. The number of fused-ring (bicyclic) bond motifs is 1. The van der Waals surface area contributed by atoms with E-state index in [1.807, 2.05) is 54.6 Å². The van der Waals surface area contributed by atoms with E-state index < -0.39 is 17.7 Å². The van der Waals surface area contributed by atoms with Crippen LogP contribution in [-0.2, 0) is 20.8 Å². The van der Waals surface area contributed by atoms with Gasteiger partial charge in [-0.2, -0.15) is 0 Å². The summed E-state index contributed by atoms with van der Waals surface area (Å²) in [5.74, 6) is -0.135. The first-order valence-electron chi connectivity index (χ1n) is 13.5. The molecule has 0 radical (unpaired) electrons. The van der Waals surface area contributed by atoms with E-state index in [0.29, 0.717) is 51.1 Å². The number of carbonyl (C=O) groups is 2. The molecule has 8 nitrogen and oxygen atoms in total. The van der Waals surface area contributed by atoms with Crippen LogP contribution in [0.5, 0.6) is 11.5 Å². The van der Waals surface area contributed by atoms with Crippen LogP contribution >= 0.6 is 23.1 Å². The Balaban J connectivity index is 1.41. The number of anilines is 1. The molecule has 1 N–H and O–H groups in total. The van der Waals surface area contributed by atoms with E-state index in [1.165, 1.54) is 28.0 Å². The topological polar surface area (TPSA) is 102 Å². The molecule has 6 rings (SSSR count). The zero-order chi connectivity index (χ0) is 29.4. The van der Waals surface area contributed by atoms with Crippen LogP contribution in [0.2, 0.25) is 0 Å². The minimum atomic E-state index is -0.896. The Labute approximate surface area is 252 Å². The van der Waals surface area contributed by atoms with Crippen LogP contribution in [-0.4, -0.2) is 40.2 Å². The van der Waals surface area contributed by atoms with Crippen LogP contribution < -0.4 is 14.4 Å². The molecule has 10 heteroatoms. The maximum Gasteiger partial charge on any atom is 0.301 e. The highest BCUT2D eigenvalue weighted by Crippen LogP contribution is 2.45. The van der Waals surface area contributed by atoms with Crippen molar-refractivity contribution in [2.75, 3.05) is 18.1 Å². The minimum Gasteiger partial charge on any atom is -0.507 e. The predicted octanol–water partition coefficient (Wildman–Crippen LogP) is 6.53. The van der Waals surface area contributed by atoms with Gasteiger partial charge in [0.25, 0.3) is 5.78 Å². The molecule has 0 bridgehead atoms. The number of benzene rings is 3. The molecule has 1 unspecified atom stereocenters. The molecule has 0 spiro atoms. The van der Waals surface area contributed by atoms with Gasteiger partial charge in [0, 0.05) is 11.3 Å². The summed E-state index contributed by atoms with van der Waals surface area (Å²) in [5.41, 5.74) is 3.16. The Hall–Kier alpha value is -4.15. The van der Waals surface area contributed by atoms with Crippen molar-refractivity contribution in [1.82, 2.24) is 10.2 Å². The number of hydrogen-bond donors (Lipinski definition) is 1. The van der Waals surface area contributed by atoms with E-state index in [9.17, 15) is 14.7 Å². The second-order valence-electron chi connectivity index (χ2n) is 11.0. The smallest absolute Gasteiger partial charge is 0.301 e. The van der Waals surface area contributed by atoms with Gasteiger partial charge < -0.3 is 14.6 Å². The zero-order valence-electron chi connectivity index (χ0n) is 23.4. The lowest BCUT2D eigenvalue weighted by Gasteiger charge is -2.24. The third-order valence-corrected chi connectivity index (χ3v) is 9.29. The molecular weight excluding hydrogens is 571 g/mol. The molecule has 42 heavy (non-hydrogen) atoms. The van der Waals surface area contributed by atoms with Crippen LogP contribution in [0, 0.1) is 0 Å². The molecule has 4 aromatic rings. The normalized spacial score (nSPS) is 18.0. The number of Topliss-reactive ketones (excluding diaryl/α,β-unsaturated/α-hetero) is 1. The quantitative estimate of drug-likeness (QED) is 0.0878. The number of carbonyl (C=O) groups excluding carboxylic acids is 2. The number of rotatable bonds is 6. The largest absolute Gasteiger partial charge is 0.507 e. The highest BCUT2D eigenvalue weighted by molar-refractivity contribution is 8.00. The van der Waals surface area contributed by atoms with Crippen molar-refractivity contribution >= 4 is 45.7 Å². The molecule has 1 saturated heterocycles. The molecule has 0 saturated carbocycles. The average Bonchev–Trinajstić information content (AvgIpc) is 3.57. The molecule has 3 aromatic carbocycles. The molecule has 0 aliphatic carbocycles. The fourth-order valence-electron chi connectivity index (χ4n) is 4.93. The Bertz CT molecular complexity index is 1680. The van der Waals surface area contributed by atoms with Gasteiger partial charge in [-0.15, -0.1) is 10.2 Å². The van der Waals surface area contributed by atoms with Crippen molar-refractivity contribution in [2.24, 2.45) is 0 Å². The number of hydrogen-bond acceptors (Lipinski definition) is 9. The second kappa shape index (κ2) is 11.3. The summed E-state index contributed by atoms with van der Waals surface area (Å²) in [6.45, 7) is 7.16. The highest BCUT2D eigenvalue weighted by atomic mass is 32.2. The summed E-state index contributed by atoms with van der Waals surface area (Å²) in [6.07, 6.45) is 0. The molecule has 2 aliphatic heterocycles. The molecule has 1 amide bonds. The first-order valence-corrected chi connectivity index (χ1v) is 15.3. The van der Waals surface area contributed by atoms with Gasteiger partial charge in [0.05, 0.1) is 11.6 Å². The summed E-state index contributed by atoms with van der Waals surface area (Å²) in [5, 5.41) is 20.5. The summed E-state index contributed by atoms with van der Waals surface area (Å²) >= 11 is 2.75. The van der Waals surface area contributed by atoms with E-state index in [-0.39, 0.29) is 16.7 Å². The van der Waals surface area contributed by atoms with Gasteiger partial charge >= 0.3 is 5.91 Å². The van der Waals surface area contributed by atoms with Crippen LogP contribution in [0.3, 0.4) is 0 Å². The Morgan fingerprint density at radius 3 is 2.40 bits per heavy atom. The lowest BCUT2D eigenvalue weighted by atomic mass is 9.85. The van der Waals surface area contributed by atoms with Crippen molar-refractivity contribution in [2.45, 2.75) is 42.3 Å². The molecule has 3 heterocycles. The Kier molecular flexibility index (Phi) is 7.51. The molecule has 2 aliphatic rings. The number of thioether (sulfide) groups is 1. The third kappa shape index (κ3) is 5.39. The third-order valence-electron chi connectivity index (χ3n) is 7.16. The van der Waals surface area contributed by atoms with Gasteiger partial charge in [0.1, 0.15) is 19.0 Å². The van der Waals surface area contributed by atoms with Crippen LogP contribution in [0.15, 0.2) is 82.7 Å². The number of ketones is 1. The van der Waals surface area contributed by atoms with Gasteiger partial charge in [0.2, 0.25) is 5.13 Å². The fourth-order valence-corrected chi connectivity index (χ4v) is 6.76. The monoisotopic (exact) mass is 599 g/mol. The lowest BCUT2D eigenvalue weighted by molar-refractivity contribution is -0.132. The number of nitrogens with zero attached hydrogens (tertiary/aromatic N) is 3. The average molecular weight is 600 g/mol. The van der Waals surface area contributed by atoms with Gasteiger partial charge in [-0.3, -0.25) is 14.5 Å². The maximum absolute atomic E-state index is 13.6. The number of ether oxygens (including phenoxy) is 2. The van der Waals surface area contributed by atoms with E-state index in [4.69, 9.17) is 9.47 Å². The van der Waals surface area contributed by atoms with Gasteiger partial charge in [0.15, 0.2) is 15.8 Å². The van der Waals surface area contributed by atoms with Crippen molar-refractivity contribution in [3.63, 3.8) is 0 Å². The van der Waals surface area contributed by atoms with Gasteiger partial charge in [-0.05, 0) is 40.3 Å². The van der Waals surface area contributed by atoms with Crippen LogP contribution in [0.1, 0.15) is 49.1 Å². The van der Waals surface area contributed by atoms with E-state index >= 15 is 0 Å². The highest BCUT2D eigenvalue weighted by Gasteiger charge is 2.48. The van der Waals surface area contributed by atoms with Crippen molar-refractivity contribution in [3.05, 3.63) is 101 Å². The summed E-state index contributed by atoms with van der Waals surface area (Å²) in [4.78, 5) is 28.6. The van der Waals surface area contributed by atoms with Crippen molar-refractivity contribution < 1.29 is 24.2 Å². The fraction of sp³-hybridized carbons (Fsp3) is 0.250. The van der Waals surface area contributed by atoms with E-state index in [0.717, 1.165) is 11.1 Å². The van der Waals surface area contributed by atoms with E-state index in [1.54, 1.807) is 18.2 Å². The Morgan fingerprint density at radius 2 is 1.69 bits per heavy atom. The first kappa shape index (κ1) is 28.0. The lowest BCUT2D eigenvalue weighted by Crippen LogP contribution is -2.29. The van der Waals surface area contributed by atoms with Crippen LogP contribution in [0.25, 0.3) is 5.76 Å². The summed E-state index contributed by atoms with van der Waals surface area (Å²) in [6, 6.07) is 21.8. The predicted molar refractivity (Wildman–Crippen MR) is 163 cm³/mol. The number of aromatic nitrogens is 2. The Morgan fingerprint density at radius 1 is 0.976 bits per heavy atom. The van der Waals surface area contributed by atoms with Crippen molar-refractivity contribution in [1.29, 1.82) is 0 Å². The molecular formula is C32H29N3O5S2. The number of aliphatic hydroxyl groups excluding tert-OH is 1. The van der Waals surface area contributed by atoms with E-state index in [2.05, 4.69) is 31.0 Å². The van der Waals surface area contributed by atoms with Gasteiger partial charge in [-0.25, -0.2) is 0 Å². The molecule has 1 fully saturated rings.